The molecule has 0 bridgehead atoms. The molecule has 1 fully saturated rings. The minimum atomic E-state index is -0.618. The number of likely N-dealkylation sites (N-methyl/N-ethyl adjacent to an activating group) is 1. The average Bonchev–Trinajstić information content (AvgIpc) is 2.45. The Hall–Kier alpha value is -1.24. The van der Waals surface area contributed by atoms with E-state index < -0.39 is 5.82 Å². The molecular weight excluding hydrogens is 283 g/mol. The molecule has 0 amide bonds. The molecule has 1 aromatic carbocycles. The number of nitrogens with zero attached hydrogens (tertiary/aromatic N) is 1. The summed E-state index contributed by atoms with van der Waals surface area (Å²) in [6.45, 7) is 5.97. The Balaban J connectivity index is 2.02. The second-order valence-electron chi connectivity index (χ2n) is 4.82. The third-order valence-corrected chi connectivity index (χ3v) is 3.83. The molecule has 1 aliphatic heterocycles. The van der Waals surface area contributed by atoms with Gasteiger partial charge >= 0.3 is 0 Å². The first kappa shape index (κ1) is 15.2. The van der Waals surface area contributed by atoms with Crippen LogP contribution in [0, 0.1) is 5.82 Å². The molecule has 7 heteroatoms. The Morgan fingerprint density at radius 3 is 2.95 bits per heavy atom. The van der Waals surface area contributed by atoms with Crippen LogP contribution in [0.25, 0.3) is 0 Å². The van der Waals surface area contributed by atoms with Crippen LogP contribution in [-0.2, 0) is 4.74 Å². The van der Waals surface area contributed by atoms with Crippen LogP contribution in [0.2, 0.25) is 5.02 Å². The molecule has 2 rings (SSSR count). The van der Waals surface area contributed by atoms with E-state index in [1.807, 2.05) is 0 Å². The van der Waals surface area contributed by atoms with Gasteiger partial charge in [-0.1, -0.05) is 18.5 Å². The number of ether oxygens (including phenoxy) is 1. The Morgan fingerprint density at radius 2 is 2.25 bits per heavy atom. The smallest absolute Gasteiger partial charge is 0.169 e. The molecule has 1 atom stereocenters. The first-order valence-electron chi connectivity index (χ1n) is 6.63. The Kier molecular flexibility index (Phi) is 4.91. The van der Waals surface area contributed by atoms with Crippen LogP contribution in [0.3, 0.4) is 0 Å². The quantitative estimate of drug-likeness (QED) is 0.739. The number of hydrogen-bond acceptors (Lipinski definition) is 5. The van der Waals surface area contributed by atoms with Crippen molar-refractivity contribution >= 4 is 28.7 Å². The molecular formula is C13H20ClFN4O. The first-order valence-corrected chi connectivity index (χ1v) is 7.01. The zero-order valence-electron chi connectivity index (χ0n) is 11.5. The molecule has 1 aromatic rings. The third kappa shape index (κ3) is 3.26. The lowest BCUT2D eigenvalue weighted by Gasteiger charge is -2.32. The molecule has 5 N–H and O–H groups in total. The van der Waals surface area contributed by atoms with E-state index in [0.29, 0.717) is 13.2 Å². The van der Waals surface area contributed by atoms with Crippen LogP contribution < -0.4 is 16.8 Å². The van der Waals surface area contributed by atoms with Crippen LogP contribution in [0.4, 0.5) is 21.5 Å². The van der Waals surface area contributed by atoms with E-state index in [-0.39, 0.29) is 28.2 Å². The average molecular weight is 303 g/mol. The highest BCUT2D eigenvalue weighted by Crippen LogP contribution is 2.33. The van der Waals surface area contributed by atoms with Crippen LogP contribution in [-0.4, -0.2) is 43.8 Å². The summed E-state index contributed by atoms with van der Waals surface area (Å²) in [6.07, 6.45) is -0.00108. The summed E-state index contributed by atoms with van der Waals surface area (Å²) in [7, 11) is 0. The van der Waals surface area contributed by atoms with E-state index in [1.165, 1.54) is 6.07 Å². The lowest BCUT2D eigenvalue weighted by atomic mass is 10.2. The molecule has 0 aromatic heterocycles. The van der Waals surface area contributed by atoms with E-state index in [2.05, 4.69) is 17.1 Å². The highest BCUT2D eigenvalue weighted by atomic mass is 35.5. The van der Waals surface area contributed by atoms with Crippen LogP contribution in [0.5, 0.6) is 0 Å². The summed E-state index contributed by atoms with van der Waals surface area (Å²) in [6, 6.07) is 1.45. The van der Waals surface area contributed by atoms with E-state index in [4.69, 9.17) is 27.8 Å². The summed E-state index contributed by atoms with van der Waals surface area (Å²) < 4.78 is 19.7. The highest BCUT2D eigenvalue weighted by Gasteiger charge is 2.21. The fourth-order valence-electron chi connectivity index (χ4n) is 2.25. The normalized spacial score (nSPS) is 20.1. The monoisotopic (exact) mass is 302 g/mol. The highest BCUT2D eigenvalue weighted by molar-refractivity contribution is 6.33. The van der Waals surface area contributed by atoms with Gasteiger partial charge in [0.1, 0.15) is 5.02 Å². The number of morpholine rings is 1. The van der Waals surface area contributed by atoms with Crippen molar-refractivity contribution in [2.75, 3.05) is 49.6 Å². The maximum Gasteiger partial charge on any atom is 0.169 e. The van der Waals surface area contributed by atoms with Gasteiger partial charge in [0.15, 0.2) is 5.82 Å². The number of nitrogens with one attached hydrogen (secondary N) is 1. The zero-order chi connectivity index (χ0) is 14.7. The van der Waals surface area contributed by atoms with Crippen molar-refractivity contribution in [3.05, 3.63) is 16.9 Å². The zero-order valence-corrected chi connectivity index (χ0v) is 12.2. The molecule has 1 heterocycles. The molecule has 20 heavy (non-hydrogen) atoms. The van der Waals surface area contributed by atoms with Gasteiger partial charge in [0, 0.05) is 19.6 Å². The summed E-state index contributed by atoms with van der Waals surface area (Å²) in [5, 5.41) is 2.86. The first-order chi connectivity index (χ1) is 9.52. The topological polar surface area (TPSA) is 76.5 Å². The number of anilines is 3. The SMILES string of the molecule is CCN1CCOC(CNc2c(N)cc(N)c(Cl)c2F)C1. The van der Waals surface area contributed by atoms with Crippen molar-refractivity contribution in [2.24, 2.45) is 0 Å². The maximum absolute atomic E-state index is 14.0. The second-order valence-corrected chi connectivity index (χ2v) is 5.20. The summed E-state index contributed by atoms with van der Waals surface area (Å²) in [5.74, 6) is -0.618. The van der Waals surface area contributed by atoms with Gasteiger partial charge in [0.2, 0.25) is 0 Å². The Labute approximate surface area is 123 Å². The predicted octanol–water partition coefficient (Wildman–Crippen LogP) is 1.78. The molecule has 0 spiro atoms. The Bertz CT molecular complexity index is 486. The van der Waals surface area contributed by atoms with Gasteiger partial charge in [-0.05, 0) is 12.6 Å². The largest absolute Gasteiger partial charge is 0.397 e. The predicted molar refractivity (Wildman–Crippen MR) is 80.6 cm³/mol. The Morgan fingerprint density at radius 1 is 1.50 bits per heavy atom. The van der Waals surface area contributed by atoms with E-state index in [9.17, 15) is 4.39 Å². The van der Waals surface area contributed by atoms with Crippen molar-refractivity contribution in [1.82, 2.24) is 4.90 Å². The number of hydrogen-bond donors (Lipinski definition) is 3. The molecule has 1 saturated heterocycles. The number of rotatable bonds is 4. The second kappa shape index (κ2) is 6.47. The summed E-state index contributed by atoms with van der Waals surface area (Å²) in [5.41, 5.74) is 11.9. The number of halogens is 2. The van der Waals surface area contributed by atoms with Crippen molar-refractivity contribution in [2.45, 2.75) is 13.0 Å². The minimum absolute atomic E-state index is 0.00108. The molecule has 1 unspecified atom stereocenters. The van der Waals surface area contributed by atoms with Gasteiger partial charge < -0.3 is 21.5 Å². The number of nitrogens with two attached hydrogens (primary N) is 2. The molecule has 0 radical (unpaired) electrons. The number of benzene rings is 1. The molecule has 1 aliphatic rings. The summed E-state index contributed by atoms with van der Waals surface area (Å²) >= 11 is 5.79. The standard InChI is InChI=1S/C13H20ClFN4O/c1-2-19-3-4-20-8(7-19)6-18-13-10(17)5-9(16)11(14)12(13)15/h5,8,18H,2-4,6-7,16-17H2,1H3. The molecule has 5 nitrogen and oxygen atoms in total. The van der Waals surface area contributed by atoms with Gasteiger partial charge in [-0.2, -0.15) is 0 Å². The molecule has 112 valence electrons. The third-order valence-electron chi connectivity index (χ3n) is 3.44. The van der Waals surface area contributed by atoms with E-state index in [0.717, 1.165) is 19.6 Å². The molecule has 0 aliphatic carbocycles. The lowest BCUT2D eigenvalue weighted by Crippen LogP contribution is -2.45. The van der Waals surface area contributed by atoms with Crippen LogP contribution >= 0.6 is 11.6 Å². The summed E-state index contributed by atoms with van der Waals surface area (Å²) in [4.78, 5) is 2.28. The van der Waals surface area contributed by atoms with Crippen molar-refractivity contribution < 1.29 is 9.13 Å². The van der Waals surface area contributed by atoms with Gasteiger partial charge in [-0.3, -0.25) is 4.90 Å². The van der Waals surface area contributed by atoms with Crippen LogP contribution in [0.15, 0.2) is 6.07 Å². The lowest BCUT2D eigenvalue weighted by molar-refractivity contribution is -0.0191. The fourth-order valence-corrected chi connectivity index (χ4v) is 2.40. The van der Waals surface area contributed by atoms with Gasteiger partial charge in [0.05, 0.1) is 29.8 Å². The van der Waals surface area contributed by atoms with Crippen LogP contribution in [0.1, 0.15) is 6.92 Å². The van der Waals surface area contributed by atoms with Crippen molar-refractivity contribution in [3.63, 3.8) is 0 Å². The molecule has 0 saturated carbocycles. The minimum Gasteiger partial charge on any atom is -0.397 e. The maximum atomic E-state index is 14.0. The van der Waals surface area contributed by atoms with Crippen molar-refractivity contribution in [1.29, 1.82) is 0 Å². The fraction of sp³-hybridized carbons (Fsp3) is 0.538. The van der Waals surface area contributed by atoms with Gasteiger partial charge in [-0.15, -0.1) is 0 Å². The van der Waals surface area contributed by atoms with E-state index in [1.54, 1.807) is 0 Å². The van der Waals surface area contributed by atoms with Crippen molar-refractivity contribution in [3.8, 4) is 0 Å². The van der Waals surface area contributed by atoms with E-state index >= 15 is 0 Å². The number of nitrogen functional groups attached to an aromatic ring is 2. The van der Waals surface area contributed by atoms with Gasteiger partial charge in [0.25, 0.3) is 0 Å². The van der Waals surface area contributed by atoms with Gasteiger partial charge in [-0.25, -0.2) is 4.39 Å².